The molecular formula is C8H5Cl2NO4. The van der Waals surface area contributed by atoms with E-state index in [1.807, 2.05) is 5.32 Å². The zero-order valence-corrected chi connectivity index (χ0v) is 8.63. The maximum absolute atomic E-state index is 10.7. The molecule has 0 aliphatic heterocycles. The Kier molecular flexibility index (Phi) is 3.39. The van der Waals surface area contributed by atoms with Gasteiger partial charge in [0.15, 0.2) is 5.75 Å². The molecule has 1 aromatic carbocycles. The number of aromatic hydroxyl groups is 1. The Labute approximate surface area is 94.2 Å². The standard InChI is InChI=1S/C8H5Cl2NO4/c9-4-1-3(8(14)15)6(11-2-12)7(13)5(4)10/h1-2,13H,(H,11,12)(H,14,15). The molecular weight excluding hydrogens is 245 g/mol. The summed E-state index contributed by atoms with van der Waals surface area (Å²) < 4.78 is 0. The number of anilines is 1. The molecule has 0 aliphatic rings. The number of phenolic OH excluding ortho intramolecular Hbond substituents is 1. The average Bonchev–Trinajstić information content (AvgIpc) is 2.18. The lowest BCUT2D eigenvalue weighted by Gasteiger charge is -2.09. The summed E-state index contributed by atoms with van der Waals surface area (Å²) in [4.78, 5) is 20.9. The lowest BCUT2D eigenvalue weighted by atomic mass is 10.1. The first kappa shape index (κ1) is 11.6. The predicted octanol–water partition coefficient (Wildman–Crippen LogP) is 1.97. The van der Waals surface area contributed by atoms with Crippen molar-refractivity contribution in [1.82, 2.24) is 0 Å². The molecule has 0 fully saturated rings. The van der Waals surface area contributed by atoms with Gasteiger partial charge in [0.1, 0.15) is 5.02 Å². The van der Waals surface area contributed by atoms with Crippen LogP contribution in [0.4, 0.5) is 5.69 Å². The highest BCUT2D eigenvalue weighted by Crippen LogP contribution is 2.39. The van der Waals surface area contributed by atoms with E-state index in [-0.39, 0.29) is 27.7 Å². The van der Waals surface area contributed by atoms with Crippen molar-refractivity contribution in [3.8, 4) is 5.75 Å². The summed E-state index contributed by atoms with van der Waals surface area (Å²) in [5.74, 6) is -1.91. The second-order valence-electron chi connectivity index (χ2n) is 2.51. The van der Waals surface area contributed by atoms with Gasteiger partial charge in [-0.15, -0.1) is 0 Å². The number of carbonyl (C=O) groups excluding carboxylic acids is 1. The van der Waals surface area contributed by atoms with Gasteiger partial charge in [-0.2, -0.15) is 0 Å². The van der Waals surface area contributed by atoms with Crippen LogP contribution in [-0.4, -0.2) is 22.6 Å². The summed E-state index contributed by atoms with van der Waals surface area (Å²) in [6, 6.07) is 1.04. The van der Waals surface area contributed by atoms with Gasteiger partial charge in [-0.25, -0.2) is 4.79 Å². The Hall–Kier alpha value is -1.46. The third-order valence-electron chi connectivity index (χ3n) is 1.63. The van der Waals surface area contributed by atoms with E-state index < -0.39 is 11.7 Å². The van der Waals surface area contributed by atoms with Crippen LogP contribution in [0.15, 0.2) is 6.07 Å². The van der Waals surface area contributed by atoms with Gasteiger partial charge in [-0.05, 0) is 6.07 Å². The number of carbonyl (C=O) groups is 2. The van der Waals surface area contributed by atoms with E-state index in [9.17, 15) is 14.7 Å². The first-order chi connectivity index (χ1) is 6.99. The third kappa shape index (κ3) is 2.14. The average molecular weight is 250 g/mol. The molecule has 0 aromatic heterocycles. The molecule has 0 unspecified atom stereocenters. The molecule has 1 aromatic rings. The smallest absolute Gasteiger partial charge is 0.338 e. The zero-order chi connectivity index (χ0) is 11.6. The van der Waals surface area contributed by atoms with Crippen LogP contribution in [0.1, 0.15) is 10.4 Å². The van der Waals surface area contributed by atoms with Gasteiger partial charge in [0.25, 0.3) is 0 Å². The molecule has 0 bridgehead atoms. The largest absolute Gasteiger partial charge is 0.504 e. The van der Waals surface area contributed by atoms with Crippen molar-refractivity contribution < 1.29 is 19.8 Å². The molecule has 1 rings (SSSR count). The summed E-state index contributed by atoms with van der Waals surface area (Å²) in [5.41, 5.74) is -0.624. The number of halogens is 2. The summed E-state index contributed by atoms with van der Waals surface area (Å²) in [6.45, 7) is 0. The summed E-state index contributed by atoms with van der Waals surface area (Å²) in [7, 11) is 0. The minimum absolute atomic E-state index is 0.108. The van der Waals surface area contributed by atoms with E-state index in [1.54, 1.807) is 0 Å². The van der Waals surface area contributed by atoms with Crippen LogP contribution < -0.4 is 5.32 Å². The minimum atomic E-state index is -1.34. The Morgan fingerprint density at radius 3 is 2.53 bits per heavy atom. The number of nitrogens with one attached hydrogen (secondary N) is 1. The van der Waals surface area contributed by atoms with Crippen molar-refractivity contribution in [3.63, 3.8) is 0 Å². The van der Waals surface area contributed by atoms with Crippen molar-refractivity contribution in [2.45, 2.75) is 0 Å². The van der Waals surface area contributed by atoms with Crippen LogP contribution in [0, 0.1) is 0 Å². The minimum Gasteiger partial charge on any atom is -0.504 e. The Balaban J connectivity index is 3.49. The molecule has 0 spiro atoms. The lowest BCUT2D eigenvalue weighted by molar-refractivity contribution is -0.105. The summed E-state index contributed by atoms with van der Waals surface area (Å²) >= 11 is 11.1. The van der Waals surface area contributed by atoms with Crippen molar-refractivity contribution in [2.24, 2.45) is 0 Å². The molecule has 5 nitrogen and oxygen atoms in total. The molecule has 0 saturated heterocycles. The number of benzene rings is 1. The first-order valence-electron chi connectivity index (χ1n) is 3.63. The van der Waals surface area contributed by atoms with Gasteiger partial charge in [-0.3, -0.25) is 4.79 Å². The second-order valence-corrected chi connectivity index (χ2v) is 3.30. The Morgan fingerprint density at radius 2 is 2.07 bits per heavy atom. The summed E-state index contributed by atoms with van der Waals surface area (Å²) in [5, 5.41) is 19.9. The molecule has 1 amide bonds. The van der Waals surface area contributed by atoms with Gasteiger partial charge in [0, 0.05) is 0 Å². The number of phenols is 1. The topological polar surface area (TPSA) is 86.6 Å². The van der Waals surface area contributed by atoms with Gasteiger partial charge < -0.3 is 15.5 Å². The van der Waals surface area contributed by atoms with Crippen LogP contribution in [0.5, 0.6) is 5.75 Å². The number of carboxylic acids is 1. The quantitative estimate of drug-likeness (QED) is 0.565. The van der Waals surface area contributed by atoms with Gasteiger partial charge in [0.05, 0.1) is 16.3 Å². The molecule has 3 N–H and O–H groups in total. The van der Waals surface area contributed by atoms with Crippen LogP contribution in [0.3, 0.4) is 0 Å². The molecule has 0 atom stereocenters. The normalized spacial score (nSPS) is 9.73. The predicted molar refractivity (Wildman–Crippen MR) is 54.8 cm³/mol. The van der Waals surface area contributed by atoms with Crippen molar-refractivity contribution in [2.75, 3.05) is 5.32 Å². The maximum Gasteiger partial charge on any atom is 0.338 e. The van der Waals surface area contributed by atoms with Crippen molar-refractivity contribution in [3.05, 3.63) is 21.7 Å². The van der Waals surface area contributed by atoms with E-state index in [0.29, 0.717) is 0 Å². The van der Waals surface area contributed by atoms with E-state index >= 15 is 0 Å². The van der Waals surface area contributed by atoms with Crippen molar-refractivity contribution in [1.29, 1.82) is 0 Å². The van der Waals surface area contributed by atoms with Gasteiger partial charge in [-0.1, -0.05) is 23.2 Å². The lowest BCUT2D eigenvalue weighted by Crippen LogP contribution is -2.05. The molecule has 0 saturated carbocycles. The number of hydrogen-bond donors (Lipinski definition) is 3. The Bertz CT molecular complexity index is 433. The first-order valence-corrected chi connectivity index (χ1v) is 4.39. The molecule has 15 heavy (non-hydrogen) atoms. The highest BCUT2D eigenvalue weighted by molar-refractivity contribution is 6.43. The van der Waals surface area contributed by atoms with E-state index in [4.69, 9.17) is 28.3 Å². The number of rotatable bonds is 3. The summed E-state index contributed by atoms with van der Waals surface area (Å²) in [6.07, 6.45) is 0.228. The van der Waals surface area contributed by atoms with E-state index in [2.05, 4.69) is 0 Å². The molecule has 7 heteroatoms. The molecule has 0 aliphatic carbocycles. The van der Waals surface area contributed by atoms with Crippen LogP contribution in [0.25, 0.3) is 0 Å². The fourth-order valence-electron chi connectivity index (χ4n) is 0.986. The highest BCUT2D eigenvalue weighted by Gasteiger charge is 2.19. The Morgan fingerprint density at radius 1 is 1.47 bits per heavy atom. The van der Waals surface area contributed by atoms with Crippen LogP contribution >= 0.6 is 23.2 Å². The fourth-order valence-corrected chi connectivity index (χ4v) is 1.33. The van der Waals surface area contributed by atoms with E-state index in [1.165, 1.54) is 0 Å². The van der Waals surface area contributed by atoms with Crippen molar-refractivity contribution >= 4 is 41.3 Å². The number of aromatic carboxylic acids is 1. The monoisotopic (exact) mass is 249 g/mol. The number of hydrogen-bond acceptors (Lipinski definition) is 3. The zero-order valence-electron chi connectivity index (χ0n) is 7.12. The fraction of sp³-hybridized carbons (Fsp3) is 0. The SMILES string of the molecule is O=CNc1c(C(=O)O)cc(Cl)c(Cl)c1O. The number of amides is 1. The third-order valence-corrected chi connectivity index (χ3v) is 2.41. The second kappa shape index (κ2) is 4.37. The van der Waals surface area contributed by atoms with Crippen LogP contribution in [0.2, 0.25) is 10.0 Å². The maximum atomic E-state index is 10.7. The number of carboxylic acid groups (broad SMARTS) is 1. The molecule has 0 heterocycles. The van der Waals surface area contributed by atoms with Crippen LogP contribution in [-0.2, 0) is 4.79 Å². The molecule has 80 valence electrons. The molecule has 0 radical (unpaired) electrons. The van der Waals surface area contributed by atoms with Gasteiger partial charge in [0.2, 0.25) is 6.41 Å². The van der Waals surface area contributed by atoms with E-state index in [0.717, 1.165) is 6.07 Å². The van der Waals surface area contributed by atoms with Gasteiger partial charge >= 0.3 is 5.97 Å². The highest BCUT2D eigenvalue weighted by atomic mass is 35.5.